The van der Waals surface area contributed by atoms with Crippen LogP contribution in [0.1, 0.15) is 17.8 Å². The lowest BCUT2D eigenvalue weighted by molar-refractivity contribution is 0.0674. The molecular formula is C9H10N2OS. The molecule has 2 rings (SSSR count). The van der Waals surface area contributed by atoms with Gasteiger partial charge in [0.05, 0.1) is 6.07 Å². The van der Waals surface area contributed by atoms with Crippen molar-refractivity contribution in [2.45, 2.75) is 18.3 Å². The molecule has 1 aliphatic rings. The van der Waals surface area contributed by atoms with Crippen molar-refractivity contribution in [2.24, 2.45) is 0 Å². The Balaban J connectivity index is 2.30. The standard InChI is InChI=1S/C9H10N2OS/c10-7-9(1-4-12-5-2-9)8-11-3-6-13-8/h3,6H,1-2,4-5H2. The van der Waals surface area contributed by atoms with Gasteiger partial charge >= 0.3 is 0 Å². The highest BCUT2D eigenvalue weighted by Gasteiger charge is 2.36. The SMILES string of the molecule is N#CC1(c2nccs2)CCOCC1. The minimum atomic E-state index is -0.369. The minimum Gasteiger partial charge on any atom is -0.381 e. The Morgan fingerprint density at radius 2 is 2.31 bits per heavy atom. The van der Waals surface area contributed by atoms with E-state index in [9.17, 15) is 5.26 Å². The first kappa shape index (κ1) is 8.67. The molecule has 0 saturated carbocycles. The van der Waals surface area contributed by atoms with Crippen molar-refractivity contribution in [2.75, 3.05) is 13.2 Å². The third kappa shape index (κ3) is 1.45. The second kappa shape index (κ2) is 3.44. The second-order valence-electron chi connectivity index (χ2n) is 3.14. The number of hydrogen-bond acceptors (Lipinski definition) is 4. The van der Waals surface area contributed by atoms with Crippen LogP contribution >= 0.6 is 11.3 Å². The van der Waals surface area contributed by atoms with Gasteiger partial charge in [0.25, 0.3) is 0 Å². The maximum atomic E-state index is 9.17. The minimum absolute atomic E-state index is 0.369. The number of thiazole rings is 1. The molecular weight excluding hydrogens is 184 g/mol. The summed E-state index contributed by atoms with van der Waals surface area (Å²) in [6.45, 7) is 1.35. The van der Waals surface area contributed by atoms with E-state index in [0.717, 1.165) is 17.8 Å². The molecule has 0 radical (unpaired) electrons. The van der Waals surface area contributed by atoms with Crippen molar-refractivity contribution in [3.8, 4) is 6.07 Å². The summed E-state index contributed by atoms with van der Waals surface area (Å²) in [5, 5.41) is 12.0. The lowest BCUT2D eigenvalue weighted by atomic mass is 9.82. The molecule has 0 amide bonds. The summed E-state index contributed by atoms with van der Waals surface area (Å²) in [5.74, 6) is 0. The van der Waals surface area contributed by atoms with Crippen LogP contribution in [0.4, 0.5) is 0 Å². The zero-order chi connectivity index (χ0) is 9.15. The normalized spacial score (nSPS) is 20.8. The fourth-order valence-corrected chi connectivity index (χ4v) is 2.40. The van der Waals surface area contributed by atoms with Gasteiger partial charge in [-0.15, -0.1) is 11.3 Å². The Labute approximate surface area is 81.0 Å². The topological polar surface area (TPSA) is 45.9 Å². The average Bonchev–Trinajstić information content (AvgIpc) is 2.72. The molecule has 13 heavy (non-hydrogen) atoms. The third-order valence-electron chi connectivity index (χ3n) is 2.40. The molecule has 1 saturated heterocycles. The van der Waals surface area contributed by atoms with Crippen LogP contribution in [0.25, 0.3) is 0 Å². The van der Waals surface area contributed by atoms with Crippen LogP contribution in [-0.4, -0.2) is 18.2 Å². The first-order valence-corrected chi connectivity index (χ1v) is 5.14. The van der Waals surface area contributed by atoms with Gasteiger partial charge in [0.1, 0.15) is 10.4 Å². The Hall–Kier alpha value is -0.920. The lowest BCUT2D eigenvalue weighted by Gasteiger charge is -2.28. The van der Waals surface area contributed by atoms with Crippen LogP contribution < -0.4 is 0 Å². The molecule has 1 fully saturated rings. The monoisotopic (exact) mass is 194 g/mol. The lowest BCUT2D eigenvalue weighted by Crippen LogP contribution is -2.32. The summed E-state index contributed by atoms with van der Waals surface area (Å²) in [7, 11) is 0. The van der Waals surface area contributed by atoms with Gasteiger partial charge in [-0.3, -0.25) is 0 Å². The smallest absolute Gasteiger partial charge is 0.113 e. The molecule has 0 N–H and O–H groups in total. The van der Waals surface area contributed by atoms with Crippen molar-refractivity contribution in [3.05, 3.63) is 16.6 Å². The molecule has 0 aromatic carbocycles. The van der Waals surface area contributed by atoms with E-state index < -0.39 is 0 Å². The number of hydrogen-bond donors (Lipinski definition) is 0. The van der Waals surface area contributed by atoms with E-state index in [4.69, 9.17) is 4.74 Å². The van der Waals surface area contributed by atoms with Crippen molar-refractivity contribution in [1.82, 2.24) is 4.98 Å². The molecule has 0 aliphatic carbocycles. The van der Waals surface area contributed by atoms with E-state index in [2.05, 4.69) is 11.1 Å². The summed E-state index contributed by atoms with van der Waals surface area (Å²) < 4.78 is 5.25. The van der Waals surface area contributed by atoms with Gasteiger partial charge in [0, 0.05) is 24.8 Å². The van der Waals surface area contributed by atoms with E-state index in [1.165, 1.54) is 0 Å². The molecule has 3 nitrogen and oxygen atoms in total. The number of ether oxygens (including phenoxy) is 1. The molecule has 68 valence electrons. The van der Waals surface area contributed by atoms with Crippen LogP contribution in [0.2, 0.25) is 0 Å². The van der Waals surface area contributed by atoms with E-state index in [1.54, 1.807) is 17.5 Å². The molecule has 0 atom stereocenters. The van der Waals surface area contributed by atoms with Crippen molar-refractivity contribution < 1.29 is 4.74 Å². The highest BCUT2D eigenvalue weighted by atomic mass is 32.1. The molecule has 2 heterocycles. The molecule has 4 heteroatoms. The molecule has 0 spiro atoms. The van der Waals surface area contributed by atoms with Gasteiger partial charge in [-0.1, -0.05) is 0 Å². The fourth-order valence-electron chi connectivity index (χ4n) is 1.55. The number of nitrogens with zero attached hydrogens (tertiary/aromatic N) is 2. The van der Waals surface area contributed by atoms with Gasteiger partial charge < -0.3 is 4.74 Å². The van der Waals surface area contributed by atoms with Gasteiger partial charge in [-0.05, 0) is 12.8 Å². The average molecular weight is 194 g/mol. The number of nitriles is 1. The zero-order valence-corrected chi connectivity index (χ0v) is 8.01. The summed E-state index contributed by atoms with van der Waals surface area (Å²) in [4.78, 5) is 4.22. The van der Waals surface area contributed by atoms with Crippen molar-refractivity contribution in [1.29, 1.82) is 5.26 Å². The zero-order valence-electron chi connectivity index (χ0n) is 7.19. The van der Waals surface area contributed by atoms with Crippen molar-refractivity contribution >= 4 is 11.3 Å². The largest absolute Gasteiger partial charge is 0.381 e. The number of rotatable bonds is 1. The summed E-state index contributed by atoms with van der Waals surface area (Å²) in [5.41, 5.74) is -0.369. The Morgan fingerprint density at radius 3 is 2.85 bits per heavy atom. The summed E-state index contributed by atoms with van der Waals surface area (Å²) in [6.07, 6.45) is 3.31. The van der Waals surface area contributed by atoms with Gasteiger partial charge in [0.2, 0.25) is 0 Å². The Bertz CT molecular complexity index is 309. The van der Waals surface area contributed by atoms with Crippen molar-refractivity contribution in [3.63, 3.8) is 0 Å². The first-order valence-electron chi connectivity index (χ1n) is 4.26. The van der Waals surface area contributed by atoms with Crippen LogP contribution in [0.3, 0.4) is 0 Å². The van der Waals surface area contributed by atoms with Gasteiger partial charge in [0.15, 0.2) is 0 Å². The predicted molar refractivity (Wildman–Crippen MR) is 49.5 cm³/mol. The fraction of sp³-hybridized carbons (Fsp3) is 0.556. The predicted octanol–water partition coefficient (Wildman–Crippen LogP) is 1.71. The molecule has 1 aromatic rings. The number of aromatic nitrogens is 1. The first-order chi connectivity index (χ1) is 6.37. The van der Waals surface area contributed by atoms with Gasteiger partial charge in [-0.25, -0.2) is 4.98 Å². The quantitative estimate of drug-likeness (QED) is 0.683. The Kier molecular flexibility index (Phi) is 2.30. The summed E-state index contributed by atoms with van der Waals surface area (Å²) in [6, 6.07) is 2.39. The van der Waals surface area contributed by atoms with Crippen LogP contribution in [0.15, 0.2) is 11.6 Å². The van der Waals surface area contributed by atoms with Crippen LogP contribution in [0.5, 0.6) is 0 Å². The molecule has 0 unspecified atom stereocenters. The second-order valence-corrected chi connectivity index (χ2v) is 4.04. The van der Waals surface area contributed by atoms with Crippen LogP contribution in [-0.2, 0) is 10.2 Å². The maximum Gasteiger partial charge on any atom is 0.113 e. The van der Waals surface area contributed by atoms with E-state index >= 15 is 0 Å². The van der Waals surface area contributed by atoms with E-state index in [0.29, 0.717) is 13.2 Å². The van der Waals surface area contributed by atoms with Gasteiger partial charge in [-0.2, -0.15) is 5.26 Å². The van der Waals surface area contributed by atoms with E-state index in [1.807, 2.05) is 5.38 Å². The summed E-state index contributed by atoms with van der Waals surface area (Å²) >= 11 is 1.56. The molecule has 1 aromatic heterocycles. The molecule has 1 aliphatic heterocycles. The molecule has 0 bridgehead atoms. The highest BCUT2D eigenvalue weighted by molar-refractivity contribution is 7.09. The van der Waals surface area contributed by atoms with E-state index in [-0.39, 0.29) is 5.41 Å². The van der Waals surface area contributed by atoms with Crippen LogP contribution in [0, 0.1) is 11.3 Å². The highest BCUT2D eigenvalue weighted by Crippen LogP contribution is 2.34. The Morgan fingerprint density at radius 1 is 1.54 bits per heavy atom. The third-order valence-corrected chi connectivity index (χ3v) is 3.38. The maximum absolute atomic E-state index is 9.17.